The molecule has 0 unspecified atom stereocenters. The second-order valence-corrected chi connectivity index (χ2v) is 6.32. The summed E-state index contributed by atoms with van der Waals surface area (Å²) in [6.45, 7) is 6.66. The van der Waals surface area contributed by atoms with Crippen molar-refractivity contribution >= 4 is 17.3 Å². The second-order valence-electron chi connectivity index (χ2n) is 6.05. The molecule has 1 saturated carbocycles. The van der Waals surface area contributed by atoms with Gasteiger partial charge in [0.25, 0.3) is 0 Å². The summed E-state index contributed by atoms with van der Waals surface area (Å²) >= 11 is 6.06. The first-order valence-corrected chi connectivity index (χ1v) is 8.32. The van der Waals surface area contributed by atoms with Crippen molar-refractivity contribution in [3.05, 3.63) is 23.5 Å². The minimum atomic E-state index is 0.547. The van der Waals surface area contributed by atoms with Crippen LogP contribution in [0.5, 0.6) is 0 Å². The van der Waals surface area contributed by atoms with E-state index >= 15 is 0 Å². The first kappa shape index (κ1) is 14.2. The van der Waals surface area contributed by atoms with Gasteiger partial charge in [0.1, 0.15) is 0 Å². The molecule has 0 atom stereocenters. The van der Waals surface area contributed by atoms with E-state index in [9.17, 15) is 0 Å². The van der Waals surface area contributed by atoms with Crippen molar-refractivity contribution in [1.29, 1.82) is 0 Å². The lowest BCUT2D eigenvalue weighted by atomic mass is 10.1. The quantitative estimate of drug-likeness (QED) is 0.798. The van der Waals surface area contributed by atoms with Crippen molar-refractivity contribution in [2.45, 2.75) is 44.5 Å². The van der Waals surface area contributed by atoms with Crippen molar-refractivity contribution in [3.63, 3.8) is 0 Å². The Bertz CT molecular complexity index is 449. The zero-order chi connectivity index (χ0) is 13.9. The summed E-state index contributed by atoms with van der Waals surface area (Å²) < 4.78 is 0. The Hall–Kier alpha value is -0.800. The number of pyridine rings is 1. The predicted octanol–water partition coefficient (Wildman–Crippen LogP) is 3.19. The molecule has 20 heavy (non-hydrogen) atoms. The summed E-state index contributed by atoms with van der Waals surface area (Å²) in [4.78, 5) is 9.54. The normalized spacial score (nSPS) is 21.6. The van der Waals surface area contributed by atoms with E-state index < -0.39 is 0 Å². The number of piperazine rings is 1. The number of hydrogen-bond acceptors (Lipinski definition) is 3. The van der Waals surface area contributed by atoms with Crippen LogP contribution in [-0.4, -0.2) is 42.1 Å². The lowest BCUT2D eigenvalue weighted by molar-refractivity contribution is 0.187. The van der Waals surface area contributed by atoms with Gasteiger partial charge in [0.2, 0.25) is 0 Å². The van der Waals surface area contributed by atoms with Crippen LogP contribution in [-0.2, 0) is 5.88 Å². The maximum atomic E-state index is 6.06. The SMILES string of the molecule is Cc1cc(N2CCN(C3CCCC3)CC2)c(CCl)cn1. The van der Waals surface area contributed by atoms with E-state index in [0.717, 1.165) is 30.4 Å². The van der Waals surface area contributed by atoms with Crippen molar-refractivity contribution in [3.8, 4) is 0 Å². The third-order valence-electron chi connectivity index (χ3n) is 4.74. The number of aromatic nitrogens is 1. The lowest BCUT2D eigenvalue weighted by Crippen LogP contribution is -2.50. The van der Waals surface area contributed by atoms with Crippen LogP contribution in [0.4, 0.5) is 5.69 Å². The highest BCUT2D eigenvalue weighted by Crippen LogP contribution is 2.27. The van der Waals surface area contributed by atoms with Gasteiger partial charge in [0, 0.05) is 55.4 Å². The predicted molar refractivity (Wildman–Crippen MR) is 84.6 cm³/mol. The Kier molecular flexibility index (Phi) is 4.47. The molecule has 2 aliphatic rings. The van der Waals surface area contributed by atoms with Crippen LogP contribution in [0.2, 0.25) is 0 Å². The lowest BCUT2D eigenvalue weighted by Gasteiger charge is -2.39. The van der Waals surface area contributed by atoms with Crippen LogP contribution in [0, 0.1) is 6.92 Å². The summed E-state index contributed by atoms with van der Waals surface area (Å²) in [5.74, 6) is 0.547. The molecule has 0 spiro atoms. The molecule has 0 N–H and O–H groups in total. The molecule has 2 heterocycles. The number of nitrogens with zero attached hydrogens (tertiary/aromatic N) is 3. The number of hydrogen-bond donors (Lipinski definition) is 0. The highest BCUT2D eigenvalue weighted by Gasteiger charge is 2.26. The highest BCUT2D eigenvalue weighted by atomic mass is 35.5. The van der Waals surface area contributed by atoms with Crippen LogP contribution in [0.15, 0.2) is 12.3 Å². The molecular weight excluding hydrogens is 270 g/mol. The molecule has 0 radical (unpaired) electrons. The van der Waals surface area contributed by atoms with Crippen molar-refractivity contribution in [2.24, 2.45) is 0 Å². The van der Waals surface area contributed by atoms with Gasteiger partial charge in [-0.25, -0.2) is 0 Å². The van der Waals surface area contributed by atoms with Gasteiger partial charge in [-0.1, -0.05) is 12.8 Å². The van der Waals surface area contributed by atoms with Crippen LogP contribution >= 0.6 is 11.6 Å². The van der Waals surface area contributed by atoms with Gasteiger partial charge in [-0.2, -0.15) is 0 Å². The minimum Gasteiger partial charge on any atom is -0.369 e. The third kappa shape index (κ3) is 2.94. The molecule has 1 aliphatic carbocycles. The molecule has 3 nitrogen and oxygen atoms in total. The molecule has 0 bridgehead atoms. The molecule has 1 aliphatic heterocycles. The van der Waals surface area contributed by atoms with E-state index in [1.54, 1.807) is 0 Å². The minimum absolute atomic E-state index is 0.547. The molecule has 0 amide bonds. The molecule has 110 valence electrons. The molecular formula is C16H24ClN3. The summed E-state index contributed by atoms with van der Waals surface area (Å²) in [7, 11) is 0. The smallest absolute Gasteiger partial charge is 0.0509 e. The van der Waals surface area contributed by atoms with E-state index in [2.05, 4.69) is 27.8 Å². The molecule has 1 aromatic rings. The number of alkyl halides is 1. The monoisotopic (exact) mass is 293 g/mol. The Morgan fingerprint density at radius 1 is 1.20 bits per heavy atom. The number of anilines is 1. The maximum Gasteiger partial charge on any atom is 0.0509 e. The van der Waals surface area contributed by atoms with E-state index in [4.69, 9.17) is 11.6 Å². The van der Waals surface area contributed by atoms with Crippen molar-refractivity contribution in [1.82, 2.24) is 9.88 Å². The fraction of sp³-hybridized carbons (Fsp3) is 0.688. The standard InChI is InChI=1S/C16H24ClN3/c1-13-10-16(14(11-17)12-18-13)20-8-6-19(7-9-20)15-4-2-3-5-15/h10,12,15H,2-9,11H2,1H3. The number of aryl methyl sites for hydroxylation is 1. The van der Waals surface area contributed by atoms with Crippen LogP contribution in [0.25, 0.3) is 0 Å². The second kappa shape index (κ2) is 6.31. The fourth-order valence-corrected chi connectivity index (χ4v) is 3.77. The molecule has 1 aromatic heterocycles. The van der Waals surface area contributed by atoms with E-state index in [1.165, 1.54) is 44.5 Å². The van der Waals surface area contributed by atoms with Gasteiger partial charge in [-0.15, -0.1) is 11.6 Å². The van der Waals surface area contributed by atoms with Gasteiger partial charge < -0.3 is 4.90 Å². The Labute approximate surface area is 126 Å². The fourth-order valence-electron chi connectivity index (χ4n) is 3.57. The average molecular weight is 294 g/mol. The van der Waals surface area contributed by atoms with Gasteiger partial charge in [-0.3, -0.25) is 9.88 Å². The van der Waals surface area contributed by atoms with Crippen LogP contribution in [0.3, 0.4) is 0 Å². The van der Waals surface area contributed by atoms with Crippen molar-refractivity contribution < 1.29 is 0 Å². The largest absolute Gasteiger partial charge is 0.369 e. The topological polar surface area (TPSA) is 19.4 Å². The van der Waals surface area contributed by atoms with Gasteiger partial charge in [0.15, 0.2) is 0 Å². The van der Waals surface area contributed by atoms with E-state index in [1.807, 2.05) is 6.20 Å². The van der Waals surface area contributed by atoms with Crippen LogP contribution < -0.4 is 4.90 Å². The first-order valence-electron chi connectivity index (χ1n) is 7.78. The zero-order valence-electron chi connectivity index (χ0n) is 12.3. The molecule has 2 fully saturated rings. The molecule has 1 saturated heterocycles. The Morgan fingerprint density at radius 2 is 1.90 bits per heavy atom. The van der Waals surface area contributed by atoms with Gasteiger partial charge in [0.05, 0.1) is 5.88 Å². The Morgan fingerprint density at radius 3 is 2.55 bits per heavy atom. The Balaban J connectivity index is 1.67. The summed E-state index contributed by atoms with van der Waals surface area (Å²) in [6, 6.07) is 3.03. The molecule has 4 heteroatoms. The maximum absolute atomic E-state index is 6.06. The zero-order valence-corrected chi connectivity index (χ0v) is 13.1. The summed E-state index contributed by atoms with van der Waals surface area (Å²) in [5, 5.41) is 0. The number of halogens is 1. The van der Waals surface area contributed by atoms with Gasteiger partial charge >= 0.3 is 0 Å². The third-order valence-corrected chi connectivity index (χ3v) is 5.03. The number of rotatable bonds is 3. The van der Waals surface area contributed by atoms with E-state index in [0.29, 0.717) is 5.88 Å². The van der Waals surface area contributed by atoms with Crippen LogP contribution in [0.1, 0.15) is 36.9 Å². The molecule has 3 rings (SSSR count). The van der Waals surface area contributed by atoms with Crippen molar-refractivity contribution in [2.75, 3.05) is 31.1 Å². The van der Waals surface area contributed by atoms with E-state index in [-0.39, 0.29) is 0 Å². The summed E-state index contributed by atoms with van der Waals surface area (Å²) in [5.41, 5.74) is 3.53. The van der Waals surface area contributed by atoms with Gasteiger partial charge in [-0.05, 0) is 25.8 Å². The molecule has 0 aromatic carbocycles. The highest BCUT2D eigenvalue weighted by molar-refractivity contribution is 6.17. The average Bonchev–Trinajstić information content (AvgIpc) is 3.02. The summed E-state index contributed by atoms with van der Waals surface area (Å²) in [6.07, 6.45) is 7.58. The first-order chi connectivity index (χ1) is 9.78.